The standard InChI is InChI=1S/C36H44N8O3/c1-23-11-13-24(14-12-23)44-33(20-31(41-44)36(2,3)4)38-34(46)37-29-16-17-30(28-10-6-5-9-27(28)29)47-26-15-18-32-39-40-35(43(32)22-26)42-19-7-8-25(45)21-42/h5-6,9-15,18,20,22,25,29-30,35,40,45H,7-8,16-17,19,21H2,1-4H3,(H2,37,38,46)/t25?,29-,30+,35?/m0/s1. The number of carbonyl (C=O) groups is 1. The van der Waals surface area contributed by atoms with Gasteiger partial charge in [0.05, 0.1) is 29.7 Å². The number of aliphatic hydroxyl groups excluding tert-OH is 1. The fourth-order valence-corrected chi connectivity index (χ4v) is 6.72. The molecule has 11 nitrogen and oxygen atoms in total. The van der Waals surface area contributed by atoms with Crippen LogP contribution in [-0.4, -0.2) is 62.0 Å². The number of aliphatic hydroxyl groups is 1. The van der Waals surface area contributed by atoms with Gasteiger partial charge < -0.3 is 15.2 Å². The molecule has 3 aromatic rings. The first-order valence-electron chi connectivity index (χ1n) is 16.6. The van der Waals surface area contributed by atoms with Gasteiger partial charge in [0.15, 0.2) is 12.1 Å². The van der Waals surface area contributed by atoms with Gasteiger partial charge in [-0.2, -0.15) is 10.2 Å². The maximum atomic E-state index is 13.5. The van der Waals surface area contributed by atoms with E-state index in [0.717, 1.165) is 71.9 Å². The number of hydrazone groups is 1. The number of amidine groups is 1. The van der Waals surface area contributed by atoms with Gasteiger partial charge in [-0.05, 0) is 68.0 Å². The number of likely N-dealkylation sites (tertiary alicyclic amines) is 1. The highest BCUT2D eigenvalue weighted by Crippen LogP contribution is 2.40. The Morgan fingerprint density at radius 3 is 2.60 bits per heavy atom. The number of aryl methyl sites for hydroxylation is 1. The van der Waals surface area contributed by atoms with Crippen molar-refractivity contribution in [2.75, 3.05) is 18.4 Å². The molecule has 246 valence electrons. The molecule has 4 heterocycles. The van der Waals surface area contributed by atoms with Gasteiger partial charge in [-0.25, -0.2) is 9.48 Å². The number of hydrogen-bond donors (Lipinski definition) is 4. The predicted octanol–water partition coefficient (Wildman–Crippen LogP) is 5.56. The third-order valence-electron chi connectivity index (χ3n) is 9.28. The average molecular weight is 637 g/mol. The van der Waals surface area contributed by atoms with Crippen LogP contribution in [0.5, 0.6) is 0 Å². The number of fused-ring (bicyclic) bond motifs is 2. The number of aromatic nitrogens is 2. The van der Waals surface area contributed by atoms with Crippen molar-refractivity contribution in [3.05, 3.63) is 101 Å². The first-order valence-corrected chi connectivity index (χ1v) is 16.6. The van der Waals surface area contributed by atoms with E-state index in [1.54, 1.807) is 4.68 Å². The Balaban J connectivity index is 1.05. The van der Waals surface area contributed by atoms with Crippen molar-refractivity contribution in [3.8, 4) is 5.69 Å². The molecule has 2 unspecified atom stereocenters. The number of allylic oxidation sites excluding steroid dienone is 1. The number of urea groups is 1. The van der Waals surface area contributed by atoms with E-state index in [1.165, 1.54) is 0 Å². The molecule has 4 atom stereocenters. The molecule has 7 rings (SSSR count). The van der Waals surface area contributed by atoms with Crippen molar-refractivity contribution in [2.45, 2.75) is 83.3 Å². The Morgan fingerprint density at radius 2 is 1.83 bits per heavy atom. The molecule has 0 spiro atoms. The number of piperidine rings is 1. The van der Waals surface area contributed by atoms with Crippen molar-refractivity contribution < 1.29 is 14.6 Å². The number of nitrogens with zero attached hydrogens (tertiary/aromatic N) is 5. The summed E-state index contributed by atoms with van der Waals surface area (Å²) in [5.41, 5.74) is 8.09. The molecule has 4 N–H and O–H groups in total. The van der Waals surface area contributed by atoms with Crippen molar-refractivity contribution >= 4 is 17.7 Å². The Hall–Kier alpha value is -4.61. The summed E-state index contributed by atoms with van der Waals surface area (Å²) in [4.78, 5) is 17.8. The zero-order valence-electron chi connectivity index (χ0n) is 27.5. The van der Waals surface area contributed by atoms with Crippen LogP contribution in [0.25, 0.3) is 5.69 Å². The van der Waals surface area contributed by atoms with E-state index in [-0.39, 0.29) is 36.0 Å². The largest absolute Gasteiger partial charge is 0.484 e. The highest BCUT2D eigenvalue weighted by atomic mass is 16.5. The summed E-state index contributed by atoms with van der Waals surface area (Å²) in [6.45, 7) is 9.89. The number of β-amino-alcohol motifs (C(OH)–C–C–N with tert-alkyl or cyclic N) is 1. The number of rotatable bonds is 6. The number of ether oxygens (including phenoxy) is 1. The topological polar surface area (TPSA) is 119 Å². The lowest BCUT2D eigenvalue weighted by Gasteiger charge is -2.38. The smallest absolute Gasteiger partial charge is 0.320 e. The Labute approximate surface area is 276 Å². The van der Waals surface area contributed by atoms with E-state index < -0.39 is 0 Å². The minimum Gasteiger partial charge on any atom is -0.484 e. The van der Waals surface area contributed by atoms with Crippen LogP contribution in [0.4, 0.5) is 10.6 Å². The third-order valence-corrected chi connectivity index (χ3v) is 9.28. The van der Waals surface area contributed by atoms with Gasteiger partial charge in [0, 0.05) is 24.6 Å². The van der Waals surface area contributed by atoms with Crippen LogP contribution >= 0.6 is 0 Å². The molecule has 0 bridgehead atoms. The molecule has 1 fully saturated rings. The maximum Gasteiger partial charge on any atom is 0.320 e. The normalized spacial score (nSPS) is 24.1. The molecular formula is C36H44N8O3. The molecule has 0 radical (unpaired) electrons. The van der Waals surface area contributed by atoms with Gasteiger partial charge in [0.2, 0.25) is 0 Å². The summed E-state index contributed by atoms with van der Waals surface area (Å²) >= 11 is 0. The minimum atomic E-state index is -0.326. The number of benzene rings is 2. The van der Waals surface area contributed by atoms with Crippen LogP contribution in [0.3, 0.4) is 0 Å². The number of amides is 2. The van der Waals surface area contributed by atoms with E-state index in [0.29, 0.717) is 12.4 Å². The van der Waals surface area contributed by atoms with Crippen molar-refractivity contribution in [3.63, 3.8) is 0 Å². The molecular weight excluding hydrogens is 592 g/mol. The van der Waals surface area contributed by atoms with Gasteiger partial charge in [0.25, 0.3) is 0 Å². The molecule has 47 heavy (non-hydrogen) atoms. The first-order chi connectivity index (χ1) is 22.6. The molecule has 1 aromatic heterocycles. The van der Waals surface area contributed by atoms with Crippen LogP contribution in [0.2, 0.25) is 0 Å². The zero-order chi connectivity index (χ0) is 32.7. The van der Waals surface area contributed by atoms with Gasteiger partial charge >= 0.3 is 6.03 Å². The Bertz CT molecular complexity index is 1720. The first kappa shape index (κ1) is 31.0. The van der Waals surface area contributed by atoms with Crippen molar-refractivity contribution in [1.29, 1.82) is 0 Å². The summed E-state index contributed by atoms with van der Waals surface area (Å²) in [5, 5.41) is 25.9. The number of hydrogen-bond acceptors (Lipinski definition) is 8. The van der Waals surface area contributed by atoms with Gasteiger partial charge in [-0.1, -0.05) is 62.7 Å². The highest BCUT2D eigenvalue weighted by molar-refractivity contribution is 5.96. The second-order valence-corrected chi connectivity index (χ2v) is 13.9. The summed E-state index contributed by atoms with van der Waals surface area (Å²) < 4.78 is 8.42. The predicted molar refractivity (Wildman–Crippen MR) is 182 cm³/mol. The van der Waals surface area contributed by atoms with Crippen LogP contribution < -0.4 is 16.1 Å². The van der Waals surface area contributed by atoms with Crippen LogP contribution in [0.15, 0.2) is 83.8 Å². The summed E-state index contributed by atoms with van der Waals surface area (Å²) in [6.07, 6.45) is 8.50. The quantitative estimate of drug-likeness (QED) is 0.280. The van der Waals surface area contributed by atoms with Crippen LogP contribution in [0.1, 0.15) is 81.0 Å². The molecule has 4 aliphatic rings. The van der Waals surface area contributed by atoms with E-state index in [2.05, 4.69) is 70.8 Å². The number of carbonyl (C=O) groups excluding carboxylic acids is 1. The van der Waals surface area contributed by atoms with Gasteiger partial charge in [-0.15, -0.1) is 0 Å². The SMILES string of the molecule is Cc1ccc(-n2nc(C(C)(C)C)cc2NC(=O)N[C@H]2CC[C@@H](OC3=CN4C(=NNC4N4CCCC(O)C4)C=C3)c3ccccc32)cc1. The Kier molecular flexibility index (Phi) is 8.27. The summed E-state index contributed by atoms with van der Waals surface area (Å²) in [6, 6.07) is 17.8. The van der Waals surface area contributed by atoms with E-state index in [1.807, 2.05) is 60.8 Å². The number of nitrogens with one attached hydrogen (secondary N) is 3. The average Bonchev–Trinajstić information content (AvgIpc) is 3.67. The fourth-order valence-electron chi connectivity index (χ4n) is 6.72. The lowest BCUT2D eigenvalue weighted by Crippen LogP contribution is -2.55. The number of anilines is 1. The van der Waals surface area contributed by atoms with Gasteiger partial charge in [0.1, 0.15) is 17.7 Å². The minimum absolute atomic E-state index is 0.156. The van der Waals surface area contributed by atoms with Crippen molar-refractivity contribution in [1.82, 2.24) is 30.3 Å². The summed E-state index contributed by atoms with van der Waals surface area (Å²) in [5.74, 6) is 2.19. The van der Waals surface area contributed by atoms with Crippen LogP contribution in [0, 0.1) is 6.92 Å². The zero-order valence-corrected chi connectivity index (χ0v) is 27.5. The fraction of sp³-hybridized carbons (Fsp3) is 0.417. The third kappa shape index (κ3) is 6.50. The Morgan fingerprint density at radius 1 is 1.04 bits per heavy atom. The maximum absolute atomic E-state index is 13.5. The second-order valence-electron chi connectivity index (χ2n) is 13.9. The van der Waals surface area contributed by atoms with E-state index in [9.17, 15) is 9.90 Å². The lowest BCUT2D eigenvalue weighted by molar-refractivity contribution is 0.0107. The molecule has 3 aliphatic heterocycles. The summed E-state index contributed by atoms with van der Waals surface area (Å²) in [7, 11) is 0. The highest BCUT2D eigenvalue weighted by Gasteiger charge is 2.36. The molecule has 2 amide bonds. The molecule has 2 aromatic carbocycles. The van der Waals surface area contributed by atoms with Crippen LogP contribution in [-0.2, 0) is 10.2 Å². The molecule has 1 saturated heterocycles. The van der Waals surface area contributed by atoms with Gasteiger partial charge in [-0.3, -0.25) is 20.5 Å². The van der Waals surface area contributed by atoms with Crippen molar-refractivity contribution in [2.24, 2.45) is 5.10 Å². The lowest BCUT2D eigenvalue weighted by atomic mass is 9.85. The molecule has 11 heteroatoms. The van der Waals surface area contributed by atoms with E-state index in [4.69, 9.17) is 9.84 Å². The van der Waals surface area contributed by atoms with E-state index >= 15 is 0 Å². The monoisotopic (exact) mass is 636 g/mol. The molecule has 1 aliphatic carbocycles. The molecule has 0 saturated carbocycles. The second kappa shape index (κ2) is 12.5.